The molecule has 6 heteroatoms. The number of fused-ring (bicyclic) bond motifs is 3. The highest BCUT2D eigenvalue weighted by Gasteiger charge is 2.27. The summed E-state index contributed by atoms with van der Waals surface area (Å²) in [5.74, 6) is 2.58. The van der Waals surface area contributed by atoms with Crippen LogP contribution >= 0.6 is 0 Å². The van der Waals surface area contributed by atoms with Crippen LogP contribution in [0.4, 0.5) is 0 Å². The van der Waals surface area contributed by atoms with E-state index in [0.29, 0.717) is 23.0 Å². The lowest BCUT2D eigenvalue weighted by Gasteiger charge is -2.23. The summed E-state index contributed by atoms with van der Waals surface area (Å²) in [5, 5.41) is 18.5. The van der Waals surface area contributed by atoms with Crippen LogP contribution in [0.5, 0.6) is 23.0 Å². The van der Waals surface area contributed by atoms with E-state index >= 15 is 0 Å². The molecule has 3 aromatic carbocycles. The van der Waals surface area contributed by atoms with Gasteiger partial charge in [0.1, 0.15) is 0 Å². The third-order valence-electron chi connectivity index (χ3n) is 5.79. The fourth-order valence-corrected chi connectivity index (χ4v) is 4.28. The van der Waals surface area contributed by atoms with Crippen molar-refractivity contribution < 1.29 is 24.1 Å². The van der Waals surface area contributed by atoms with Crippen LogP contribution in [0.2, 0.25) is 0 Å². The molecule has 0 radical (unpaired) electrons. The highest BCUT2D eigenvalue weighted by atomic mass is 16.5. The number of ether oxygens (including phenoxy) is 4. The number of rotatable bonds is 6. The van der Waals surface area contributed by atoms with E-state index in [4.69, 9.17) is 18.9 Å². The van der Waals surface area contributed by atoms with Crippen molar-refractivity contribution in [3.63, 3.8) is 0 Å². The van der Waals surface area contributed by atoms with Crippen LogP contribution < -0.4 is 24.3 Å². The van der Waals surface area contributed by atoms with Gasteiger partial charge in [-0.2, -0.15) is 0 Å². The summed E-state index contributed by atoms with van der Waals surface area (Å²) in [6.45, 7) is 0.926. The minimum Gasteiger partial charge on any atom is -0.493 e. The summed E-state index contributed by atoms with van der Waals surface area (Å²) in [5.41, 5.74) is 0.861. The Kier molecular flexibility index (Phi) is 5.39. The molecule has 1 fully saturated rings. The number of aliphatic hydroxyl groups is 1. The van der Waals surface area contributed by atoms with Crippen LogP contribution in [0.25, 0.3) is 21.5 Å². The van der Waals surface area contributed by atoms with Gasteiger partial charge >= 0.3 is 0 Å². The Balaban J connectivity index is 2.05. The normalized spacial score (nSPS) is 17.5. The Hall–Kier alpha value is -2.70. The smallest absolute Gasteiger partial charge is 0.161 e. The molecule has 1 saturated heterocycles. The molecule has 2 N–H and O–H groups in total. The summed E-state index contributed by atoms with van der Waals surface area (Å²) < 4.78 is 22.1. The average molecular weight is 397 g/mol. The van der Waals surface area contributed by atoms with Crippen LogP contribution in [-0.2, 0) is 0 Å². The van der Waals surface area contributed by atoms with Crippen molar-refractivity contribution in [1.82, 2.24) is 5.32 Å². The second-order valence-corrected chi connectivity index (χ2v) is 7.29. The van der Waals surface area contributed by atoms with Gasteiger partial charge in [0.2, 0.25) is 0 Å². The molecule has 0 aromatic heterocycles. The molecule has 0 spiro atoms. The van der Waals surface area contributed by atoms with Gasteiger partial charge in [-0.15, -0.1) is 0 Å². The quantitative estimate of drug-likeness (QED) is 0.617. The lowest BCUT2D eigenvalue weighted by atomic mass is 9.91. The topological polar surface area (TPSA) is 69.2 Å². The zero-order chi connectivity index (χ0) is 20.5. The average Bonchev–Trinajstić information content (AvgIpc) is 3.30. The number of hydrogen-bond acceptors (Lipinski definition) is 6. The predicted molar refractivity (Wildman–Crippen MR) is 114 cm³/mol. The van der Waals surface area contributed by atoms with Crippen LogP contribution in [0.1, 0.15) is 24.5 Å². The third-order valence-corrected chi connectivity index (χ3v) is 5.79. The van der Waals surface area contributed by atoms with Gasteiger partial charge in [-0.25, -0.2) is 0 Å². The lowest BCUT2D eigenvalue weighted by molar-refractivity contribution is 0.139. The molecule has 154 valence electrons. The molecule has 2 atom stereocenters. The van der Waals surface area contributed by atoms with E-state index < -0.39 is 6.10 Å². The van der Waals surface area contributed by atoms with Gasteiger partial charge in [0.25, 0.3) is 0 Å². The van der Waals surface area contributed by atoms with E-state index in [9.17, 15) is 5.11 Å². The SMILES string of the molecule is COc1cc2cc(C(O)C3CCCN3)c3cc(OC)c(OC)cc3c2cc1OC. The Morgan fingerprint density at radius 2 is 1.34 bits per heavy atom. The second kappa shape index (κ2) is 7.97. The number of methoxy groups -OCH3 is 4. The zero-order valence-corrected chi connectivity index (χ0v) is 17.2. The largest absolute Gasteiger partial charge is 0.493 e. The fourth-order valence-electron chi connectivity index (χ4n) is 4.28. The van der Waals surface area contributed by atoms with Crippen LogP contribution in [-0.4, -0.2) is 46.1 Å². The Labute approximate surface area is 170 Å². The molecular weight excluding hydrogens is 370 g/mol. The number of aliphatic hydroxyl groups excluding tert-OH is 1. The summed E-state index contributed by atoms with van der Waals surface area (Å²) in [7, 11) is 6.49. The van der Waals surface area contributed by atoms with E-state index in [2.05, 4.69) is 5.32 Å². The molecular formula is C23H27NO5. The van der Waals surface area contributed by atoms with E-state index in [1.54, 1.807) is 28.4 Å². The van der Waals surface area contributed by atoms with Crippen LogP contribution in [0.3, 0.4) is 0 Å². The van der Waals surface area contributed by atoms with Crippen molar-refractivity contribution in [2.75, 3.05) is 35.0 Å². The lowest BCUT2D eigenvalue weighted by Crippen LogP contribution is -2.28. The first-order valence-electron chi connectivity index (χ1n) is 9.77. The van der Waals surface area contributed by atoms with Crippen molar-refractivity contribution >= 4 is 21.5 Å². The summed E-state index contributed by atoms with van der Waals surface area (Å²) in [6.07, 6.45) is 1.38. The van der Waals surface area contributed by atoms with Gasteiger partial charge in [-0.3, -0.25) is 0 Å². The predicted octanol–water partition coefficient (Wildman–Crippen LogP) is 3.81. The van der Waals surface area contributed by atoms with Gasteiger partial charge in [0, 0.05) is 6.04 Å². The van der Waals surface area contributed by atoms with Crippen molar-refractivity contribution in [3.8, 4) is 23.0 Å². The first-order chi connectivity index (χ1) is 14.1. The van der Waals surface area contributed by atoms with Crippen LogP contribution in [0, 0.1) is 0 Å². The Bertz CT molecular complexity index is 1040. The highest BCUT2D eigenvalue weighted by Crippen LogP contribution is 2.43. The van der Waals surface area contributed by atoms with E-state index in [1.165, 1.54) is 0 Å². The Morgan fingerprint density at radius 1 is 0.793 bits per heavy atom. The molecule has 4 rings (SSSR count). The maximum Gasteiger partial charge on any atom is 0.161 e. The molecule has 6 nitrogen and oxygen atoms in total. The van der Waals surface area contributed by atoms with Gasteiger partial charge < -0.3 is 29.4 Å². The monoisotopic (exact) mass is 397 g/mol. The molecule has 29 heavy (non-hydrogen) atoms. The standard InChI is InChI=1S/C23H27NO5/c1-26-19-9-13-8-17(23(25)18-6-5-7-24-18)16-12-22(29-4)21(28-3)11-15(16)14(13)10-20(19)27-2/h8-12,18,23-25H,5-7H2,1-4H3. The number of benzene rings is 3. The van der Waals surface area contributed by atoms with Crippen molar-refractivity contribution in [3.05, 3.63) is 35.9 Å². The molecule has 1 aliphatic rings. The van der Waals surface area contributed by atoms with Crippen molar-refractivity contribution in [2.24, 2.45) is 0 Å². The molecule has 0 saturated carbocycles. The highest BCUT2D eigenvalue weighted by molar-refractivity contribution is 6.11. The van der Waals surface area contributed by atoms with Crippen molar-refractivity contribution in [2.45, 2.75) is 25.0 Å². The number of nitrogens with one attached hydrogen (secondary N) is 1. The third kappa shape index (κ3) is 3.32. The van der Waals surface area contributed by atoms with Gasteiger partial charge in [0.05, 0.1) is 34.5 Å². The maximum absolute atomic E-state index is 11.2. The van der Waals surface area contributed by atoms with E-state index in [1.807, 2.05) is 30.3 Å². The first kappa shape index (κ1) is 19.6. The molecule has 0 bridgehead atoms. The minimum atomic E-state index is -0.629. The first-order valence-corrected chi connectivity index (χ1v) is 9.77. The van der Waals surface area contributed by atoms with Gasteiger partial charge in [-0.1, -0.05) is 0 Å². The Morgan fingerprint density at radius 3 is 1.90 bits per heavy atom. The van der Waals surface area contributed by atoms with E-state index in [0.717, 1.165) is 46.5 Å². The molecule has 1 aliphatic heterocycles. The minimum absolute atomic E-state index is 0.0314. The van der Waals surface area contributed by atoms with Crippen LogP contribution in [0.15, 0.2) is 30.3 Å². The zero-order valence-electron chi connectivity index (χ0n) is 17.2. The molecule has 0 amide bonds. The van der Waals surface area contributed by atoms with Gasteiger partial charge in [-0.05, 0) is 76.8 Å². The fraction of sp³-hybridized carbons (Fsp3) is 0.391. The summed E-state index contributed by atoms with van der Waals surface area (Å²) in [6, 6.07) is 9.88. The van der Waals surface area contributed by atoms with Crippen molar-refractivity contribution in [1.29, 1.82) is 0 Å². The number of hydrogen-bond donors (Lipinski definition) is 2. The molecule has 2 unspecified atom stereocenters. The maximum atomic E-state index is 11.2. The second-order valence-electron chi connectivity index (χ2n) is 7.29. The molecule has 3 aromatic rings. The van der Waals surface area contributed by atoms with E-state index in [-0.39, 0.29) is 6.04 Å². The molecule has 0 aliphatic carbocycles. The van der Waals surface area contributed by atoms with Gasteiger partial charge in [0.15, 0.2) is 23.0 Å². The summed E-state index contributed by atoms with van der Waals surface area (Å²) in [4.78, 5) is 0. The molecule has 1 heterocycles. The summed E-state index contributed by atoms with van der Waals surface area (Å²) >= 11 is 0.